The molecule has 0 saturated heterocycles. The number of amides is 1. The van der Waals surface area contributed by atoms with Gasteiger partial charge in [-0.2, -0.15) is 0 Å². The van der Waals surface area contributed by atoms with Crippen LogP contribution in [-0.2, 0) is 0 Å². The summed E-state index contributed by atoms with van der Waals surface area (Å²) in [5.41, 5.74) is 4.11. The number of phenolic OH excluding ortho intramolecular Hbond substituents is 1. The number of carbonyl (C=O) groups excluding carboxylic acids is 1. The van der Waals surface area contributed by atoms with Gasteiger partial charge in [0.05, 0.1) is 23.9 Å². The minimum Gasteiger partial charge on any atom is -0.508 e. The van der Waals surface area contributed by atoms with E-state index in [0.29, 0.717) is 23.8 Å². The molecule has 3 unspecified atom stereocenters. The van der Waals surface area contributed by atoms with Crippen molar-refractivity contribution in [2.24, 2.45) is 5.92 Å². The number of ether oxygens (including phenoxy) is 1. The highest BCUT2D eigenvalue weighted by atomic mass is 16.5. The monoisotopic (exact) mass is 426 g/mol. The van der Waals surface area contributed by atoms with Crippen LogP contribution in [-0.4, -0.2) is 17.6 Å². The quantitative estimate of drug-likeness (QED) is 0.446. The molecule has 5 rings (SSSR count). The lowest BCUT2D eigenvalue weighted by Gasteiger charge is -2.38. The maximum absolute atomic E-state index is 13.2. The number of aromatic hydroxyl groups is 1. The summed E-state index contributed by atoms with van der Waals surface area (Å²) in [5, 5.41) is 17.1. The Morgan fingerprint density at radius 2 is 1.84 bits per heavy atom. The first kappa shape index (κ1) is 20.2. The van der Waals surface area contributed by atoms with Gasteiger partial charge in [-0.25, -0.2) is 0 Å². The van der Waals surface area contributed by atoms with E-state index in [4.69, 9.17) is 4.74 Å². The van der Waals surface area contributed by atoms with E-state index in [1.165, 1.54) is 0 Å². The van der Waals surface area contributed by atoms with E-state index in [0.717, 1.165) is 29.0 Å². The van der Waals surface area contributed by atoms with Crippen molar-refractivity contribution in [3.8, 4) is 11.5 Å². The zero-order chi connectivity index (χ0) is 22.1. The van der Waals surface area contributed by atoms with Gasteiger partial charge in [0.1, 0.15) is 11.5 Å². The minimum absolute atomic E-state index is 0.0804. The molecule has 1 amide bonds. The lowest BCUT2D eigenvalue weighted by molar-refractivity contribution is 0.102. The predicted octanol–water partition coefficient (Wildman–Crippen LogP) is 5.87. The Hall–Kier alpha value is -3.73. The second-order valence-electron chi connectivity index (χ2n) is 8.22. The SMILES string of the molecule is CCOc1ccc(NC(=O)c2cccc3c2NC(c2ccccc2O)C2CC=CC32)cc1. The molecule has 0 saturated carbocycles. The molecule has 0 radical (unpaired) electrons. The topological polar surface area (TPSA) is 70.6 Å². The summed E-state index contributed by atoms with van der Waals surface area (Å²) in [5.74, 6) is 1.37. The molecule has 5 heteroatoms. The summed E-state index contributed by atoms with van der Waals surface area (Å²) in [6, 6.07) is 20.6. The number of nitrogens with one attached hydrogen (secondary N) is 2. The molecule has 3 N–H and O–H groups in total. The van der Waals surface area contributed by atoms with Crippen molar-refractivity contribution in [3.63, 3.8) is 0 Å². The van der Waals surface area contributed by atoms with Crippen LogP contribution in [0, 0.1) is 5.92 Å². The lowest BCUT2D eigenvalue weighted by atomic mass is 9.76. The van der Waals surface area contributed by atoms with E-state index in [1.54, 1.807) is 6.07 Å². The van der Waals surface area contributed by atoms with Gasteiger partial charge in [0.2, 0.25) is 0 Å². The lowest BCUT2D eigenvalue weighted by Crippen LogP contribution is -2.31. The normalized spacial score (nSPS) is 20.7. The number of hydrogen-bond donors (Lipinski definition) is 3. The summed E-state index contributed by atoms with van der Waals surface area (Å²) in [6.07, 6.45) is 5.36. The number of para-hydroxylation sites is 2. The molecule has 3 aromatic rings. The van der Waals surface area contributed by atoms with Gasteiger partial charge < -0.3 is 20.5 Å². The van der Waals surface area contributed by atoms with Crippen LogP contribution < -0.4 is 15.4 Å². The third-order valence-corrected chi connectivity index (χ3v) is 6.34. The Labute approximate surface area is 187 Å². The molecule has 3 atom stereocenters. The molecule has 0 bridgehead atoms. The number of hydrogen-bond acceptors (Lipinski definition) is 4. The molecular formula is C27H26N2O3. The molecule has 3 aromatic carbocycles. The number of rotatable bonds is 5. The smallest absolute Gasteiger partial charge is 0.257 e. The largest absolute Gasteiger partial charge is 0.508 e. The number of phenols is 1. The molecule has 0 spiro atoms. The minimum atomic E-state index is -0.171. The van der Waals surface area contributed by atoms with Crippen molar-refractivity contribution in [2.45, 2.75) is 25.3 Å². The van der Waals surface area contributed by atoms with Crippen LogP contribution in [0.2, 0.25) is 0 Å². The number of allylic oxidation sites excluding steroid dienone is 2. The molecule has 1 aliphatic carbocycles. The van der Waals surface area contributed by atoms with Crippen molar-refractivity contribution in [2.75, 3.05) is 17.2 Å². The Balaban J connectivity index is 1.48. The van der Waals surface area contributed by atoms with Crippen molar-refractivity contribution in [1.82, 2.24) is 0 Å². The highest BCUT2D eigenvalue weighted by molar-refractivity contribution is 6.08. The van der Waals surface area contributed by atoms with E-state index in [1.807, 2.05) is 61.5 Å². The van der Waals surface area contributed by atoms with Crippen LogP contribution in [0.1, 0.15) is 46.8 Å². The van der Waals surface area contributed by atoms with Crippen LogP contribution in [0.15, 0.2) is 78.9 Å². The van der Waals surface area contributed by atoms with Gasteiger partial charge in [-0.1, -0.05) is 42.5 Å². The number of benzene rings is 3. The second kappa shape index (κ2) is 8.42. The standard InChI is InChI=1S/C27H26N2O3/c1-2-32-18-15-13-17(14-16-18)28-27(31)23-11-6-10-21-19-8-5-9-20(19)25(29-26(21)23)22-7-3-4-12-24(22)30/h3-8,10-16,19-20,25,29-30H,2,9H2,1H3,(H,28,31). The number of carbonyl (C=O) groups is 1. The third kappa shape index (κ3) is 3.60. The van der Waals surface area contributed by atoms with Crippen molar-refractivity contribution in [1.29, 1.82) is 0 Å². The first-order valence-corrected chi connectivity index (χ1v) is 11.0. The summed E-state index contributed by atoms with van der Waals surface area (Å²) < 4.78 is 5.48. The fourth-order valence-electron chi connectivity index (χ4n) is 4.87. The van der Waals surface area contributed by atoms with E-state index < -0.39 is 0 Å². The van der Waals surface area contributed by atoms with Gasteiger partial charge in [0.15, 0.2) is 0 Å². The highest BCUT2D eigenvalue weighted by Crippen LogP contribution is 2.51. The summed E-state index contributed by atoms with van der Waals surface area (Å²) >= 11 is 0. The molecular weight excluding hydrogens is 400 g/mol. The fraction of sp³-hybridized carbons (Fsp3) is 0.222. The molecule has 1 heterocycles. The maximum Gasteiger partial charge on any atom is 0.257 e. The first-order valence-electron chi connectivity index (χ1n) is 11.0. The van der Waals surface area contributed by atoms with Crippen LogP contribution >= 0.6 is 0 Å². The zero-order valence-electron chi connectivity index (χ0n) is 17.9. The third-order valence-electron chi connectivity index (χ3n) is 6.34. The molecule has 0 fully saturated rings. The van der Waals surface area contributed by atoms with Crippen LogP contribution in [0.5, 0.6) is 11.5 Å². The van der Waals surface area contributed by atoms with Crippen LogP contribution in [0.3, 0.4) is 0 Å². The summed E-state index contributed by atoms with van der Waals surface area (Å²) in [4.78, 5) is 13.2. The van der Waals surface area contributed by atoms with Crippen molar-refractivity contribution < 1.29 is 14.6 Å². The summed E-state index contributed by atoms with van der Waals surface area (Å²) in [7, 11) is 0. The van der Waals surface area contributed by atoms with Gasteiger partial charge in [0.25, 0.3) is 5.91 Å². The average molecular weight is 427 g/mol. The molecule has 5 nitrogen and oxygen atoms in total. The van der Waals surface area contributed by atoms with Gasteiger partial charge in [-0.3, -0.25) is 4.79 Å². The molecule has 0 aromatic heterocycles. The highest BCUT2D eigenvalue weighted by Gasteiger charge is 2.40. The Kier molecular flexibility index (Phi) is 5.31. The van der Waals surface area contributed by atoms with Crippen molar-refractivity contribution in [3.05, 3.63) is 95.6 Å². The summed E-state index contributed by atoms with van der Waals surface area (Å²) in [6.45, 7) is 2.54. The number of fused-ring (bicyclic) bond motifs is 3. The maximum atomic E-state index is 13.2. The van der Waals surface area contributed by atoms with E-state index >= 15 is 0 Å². The van der Waals surface area contributed by atoms with E-state index in [-0.39, 0.29) is 23.6 Å². The fourth-order valence-corrected chi connectivity index (χ4v) is 4.87. The zero-order valence-corrected chi connectivity index (χ0v) is 17.9. The molecule has 162 valence electrons. The molecule has 2 aliphatic rings. The van der Waals surface area contributed by atoms with Gasteiger partial charge in [-0.05, 0) is 61.2 Å². The Bertz CT molecular complexity index is 1170. The van der Waals surface area contributed by atoms with Gasteiger partial charge in [-0.15, -0.1) is 0 Å². The van der Waals surface area contributed by atoms with Gasteiger partial charge in [0, 0.05) is 17.2 Å². The second-order valence-corrected chi connectivity index (χ2v) is 8.22. The Morgan fingerprint density at radius 1 is 1.06 bits per heavy atom. The van der Waals surface area contributed by atoms with Crippen LogP contribution in [0.25, 0.3) is 0 Å². The van der Waals surface area contributed by atoms with Gasteiger partial charge >= 0.3 is 0 Å². The first-order chi connectivity index (χ1) is 15.7. The molecule has 32 heavy (non-hydrogen) atoms. The average Bonchev–Trinajstić information content (AvgIpc) is 3.30. The number of anilines is 2. The Morgan fingerprint density at radius 3 is 2.62 bits per heavy atom. The molecule has 1 aliphatic heterocycles. The van der Waals surface area contributed by atoms with Crippen LogP contribution in [0.4, 0.5) is 11.4 Å². The van der Waals surface area contributed by atoms with E-state index in [2.05, 4.69) is 28.9 Å². The predicted molar refractivity (Wildman–Crippen MR) is 126 cm³/mol. The van der Waals surface area contributed by atoms with Crippen molar-refractivity contribution >= 4 is 17.3 Å². The van der Waals surface area contributed by atoms with E-state index in [9.17, 15) is 9.90 Å².